The fraction of sp³-hybridized carbons (Fsp3) is 0.500. The number of piperazine rings is 1. The second-order valence-corrected chi connectivity index (χ2v) is 4.09. The molecule has 0 atom stereocenters. The number of nitrogens with one attached hydrogen (secondary N) is 2. The molecule has 0 aliphatic carbocycles. The van der Waals surface area contributed by atoms with Gasteiger partial charge in [0.1, 0.15) is 0 Å². The van der Waals surface area contributed by atoms with Crippen LogP contribution in [-0.2, 0) is 0 Å². The van der Waals surface area contributed by atoms with E-state index in [1.165, 1.54) is 0 Å². The highest BCUT2D eigenvalue weighted by Gasteiger charge is 2.09. The van der Waals surface area contributed by atoms with Gasteiger partial charge in [0, 0.05) is 51.7 Å². The van der Waals surface area contributed by atoms with Gasteiger partial charge in [0.05, 0.1) is 5.56 Å². The Morgan fingerprint density at radius 1 is 1.37 bits per heavy atom. The van der Waals surface area contributed by atoms with Crippen molar-refractivity contribution in [2.45, 2.75) is 0 Å². The highest BCUT2D eigenvalue weighted by Crippen LogP contribution is 1.95. The number of rotatable bonds is 4. The lowest BCUT2D eigenvalue weighted by atomic mass is 10.2. The predicted molar refractivity (Wildman–Crippen MR) is 80.4 cm³/mol. The Hall–Kier alpha value is -0.880. The standard InChI is InChI=1S/C12H18N4O.2ClH/c17-12(11-2-1-3-14-10-11)15-6-9-16-7-4-13-5-8-16;;/h1-3,10,13H,4-9H2,(H,15,17);2*1H. The molecule has 0 bridgehead atoms. The Labute approximate surface area is 126 Å². The first-order valence-corrected chi connectivity index (χ1v) is 5.97. The molecule has 108 valence electrons. The van der Waals surface area contributed by atoms with Crippen LogP contribution in [0.3, 0.4) is 0 Å². The van der Waals surface area contributed by atoms with Gasteiger partial charge in [0.25, 0.3) is 5.91 Å². The minimum absolute atomic E-state index is 0. The quantitative estimate of drug-likeness (QED) is 0.853. The third kappa shape index (κ3) is 6.20. The van der Waals surface area contributed by atoms with E-state index in [1.54, 1.807) is 24.5 Å². The zero-order valence-corrected chi connectivity index (χ0v) is 12.3. The second-order valence-electron chi connectivity index (χ2n) is 4.09. The molecule has 0 spiro atoms. The molecule has 2 N–H and O–H groups in total. The molecular weight excluding hydrogens is 287 g/mol. The number of hydrogen-bond acceptors (Lipinski definition) is 4. The maximum Gasteiger partial charge on any atom is 0.252 e. The van der Waals surface area contributed by atoms with Crippen LogP contribution in [-0.4, -0.2) is 55.1 Å². The van der Waals surface area contributed by atoms with Crippen molar-refractivity contribution >= 4 is 30.7 Å². The Bertz CT molecular complexity index is 358. The summed E-state index contributed by atoms with van der Waals surface area (Å²) in [5.74, 6) is -0.0479. The molecule has 19 heavy (non-hydrogen) atoms. The van der Waals surface area contributed by atoms with Crippen LogP contribution in [0.1, 0.15) is 10.4 Å². The molecular formula is C12H20Cl2N4O. The van der Waals surface area contributed by atoms with Gasteiger partial charge in [-0.2, -0.15) is 0 Å². The highest BCUT2D eigenvalue weighted by atomic mass is 35.5. The van der Waals surface area contributed by atoms with Crippen molar-refractivity contribution in [3.8, 4) is 0 Å². The first-order valence-electron chi connectivity index (χ1n) is 5.97. The number of nitrogens with zero attached hydrogens (tertiary/aromatic N) is 2. The van der Waals surface area contributed by atoms with Gasteiger partial charge in [-0.1, -0.05) is 0 Å². The van der Waals surface area contributed by atoms with Crippen molar-refractivity contribution in [2.75, 3.05) is 39.3 Å². The van der Waals surface area contributed by atoms with Gasteiger partial charge in [-0.15, -0.1) is 24.8 Å². The van der Waals surface area contributed by atoms with Gasteiger partial charge in [-0.25, -0.2) is 0 Å². The van der Waals surface area contributed by atoms with Crippen LogP contribution in [0.5, 0.6) is 0 Å². The first kappa shape index (κ1) is 18.1. The van der Waals surface area contributed by atoms with E-state index < -0.39 is 0 Å². The van der Waals surface area contributed by atoms with Crippen molar-refractivity contribution in [3.63, 3.8) is 0 Å². The zero-order valence-electron chi connectivity index (χ0n) is 10.7. The number of hydrogen-bond donors (Lipinski definition) is 2. The zero-order chi connectivity index (χ0) is 11.9. The summed E-state index contributed by atoms with van der Waals surface area (Å²) in [6.45, 7) is 5.79. The molecule has 0 radical (unpaired) electrons. The lowest BCUT2D eigenvalue weighted by molar-refractivity contribution is 0.0947. The molecule has 0 saturated carbocycles. The molecule has 2 heterocycles. The van der Waals surface area contributed by atoms with Crippen LogP contribution in [0, 0.1) is 0 Å². The fourth-order valence-corrected chi connectivity index (χ4v) is 1.86. The maximum atomic E-state index is 11.7. The molecule has 1 aliphatic heterocycles. The molecule has 0 aromatic carbocycles. The first-order chi connectivity index (χ1) is 8.36. The molecule has 5 nitrogen and oxygen atoms in total. The Morgan fingerprint density at radius 3 is 2.74 bits per heavy atom. The van der Waals surface area contributed by atoms with Crippen LogP contribution in [0.25, 0.3) is 0 Å². The number of carbonyl (C=O) groups is 1. The van der Waals surface area contributed by atoms with Crippen molar-refractivity contribution in [1.29, 1.82) is 0 Å². The number of halogens is 2. The molecule has 1 amide bonds. The van der Waals surface area contributed by atoms with Gasteiger partial charge in [0.2, 0.25) is 0 Å². The van der Waals surface area contributed by atoms with Gasteiger partial charge >= 0.3 is 0 Å². The van der Waals surface area contributed by atoms with Crippen LogP contribution < -0.4 is 10.6 Å². The molecule has 2 rings (SSSR count). The smallest absolute Gasteiger partial charge is 0.252 e. The van der Waals surface area contributed by atoms with Crippen LogP contribution in [0.15, 0.2) is 24.5 Å². The number of amides is 1. The van der Waals surface area contributed by atoms with E-state index in [4.69, 9.17) is 0 Å². The largest absolute Gasteiger partial charge is 0.351 e. The summed E-state index contributed by atoms with van der Waals surface area (Å²) >= 11 is 0. The van der Waals surface area contributed by atoms with Gasteiger partial charge in [-0.3, -0.25) is 14.7 Å². The summed E-state index contributed by atoms with van der Waals surface area (Å²) in [6, 6.07) is 3.54. The highest BCUT2D eigenvalue weighted by molar-refractivity contribution is 5.93. The number of carbonyl (C=O) groups excluding carboxylic acids is 1. The van der Waals surface area contributed by atoms with Crippen molar-refractivity contribution in [2.24, 2.45) is 0 Å². The van der Waals surface area contributed by atoms with Gasteiger partial charge in [-0.05, 0) is 12.1 Å². The SMILES string of the molecule is Cl.Cl.O=C(NCCN1CCNCC1)c1cccnc1. The Kier molecular flexibility index (Phi) is 9.51. The lowest BCUT2D eigenvalue weighted by Gasteiger charge is -2.27. The molecule has 1 fully saturated rings. The number of aromatic nitrogens is 1. The predicted octanol–water partition coefficient (Wildman–Crippen LogP) is 0.560. The van der Waals surface area contributed by atoms with E-state index in [1.807, 2.05) is 0 Å². The van der Waals surface area contributed by atoms with Gasteiger partial charge < -0.3 is 10.6 Å². The summed E-state index contributed by atoms with van der Waals surface area (Å²) < 4.78 is 0. The summed E-state index contributed by atoms with van der Waals surface area (Å²) in [4.78, 5) is 18.0. The van der Waals surface area contributed by atoms with E-state index in [0.29, 0.717) is 12.1 Å². The summed E-state index contributed by atoms with van der Waals surface area (Å²) in [7, 11) is 0. The van der Waals surface area contributed by atoms with E-state index in [2.05, 4.69) is 20.5 Å². The van der Waals surface area contributed by atoms with Crippen molar-refractivity contribution in [3.05, 3.63) is 30.1 Å². The average molecular weight is 307 g/mol. The fourth-order valence-electron chi connectivity index (χ4n) is 1.86. The Morgan fingerprint density at radius 2 is 2.11 bits per heavy atom. The molecule has 1 aromatic rings. The minimum atomic E-state index is -0.0479. The molecule has 0 unspecified atom stereocenters. The molecule has 1 aliphatic rings. The Balaban J connectivity index is 0.00000162. The minimum Gasteiger partial charge on any atom is -0.351 e. The van der Waals surface area contributed by atoms with E-state index >= 15 is 0 Å². The maximum absolute atomic E-state index is 11.7. The summed E-state index contributed by atoms with van der Waals surface area (Å²) in [5, 5.41) is 6.21. The topological polar surface area (TPSA) is 57.3 Å². The third-order valence-electron chi connectivity index (χ3n) is 2.85. The van der Waals surface area contributed by atoms with Crippen LogP contribution in [0.2, 0.25) is 0 Å². The summed E-state index contributed by atoms with van der Waals surface area (Å²) in [6.07, 6.45) is 3.25. The van der Waals surface area contributed by atoms with Crippen LogP contribution in [0.4, 0.5) is 0 Å². The molecule has 7 heteroatoms. The third-order valence-corrected chi connectivity index (χ3v) is 2.85. The number of pyridine rings is 1. The second kappa shape index (κ2) is 9.97. The lowest BCUT2D eigenvalue weighted by Crippen LogP contribution is -2.46. The van der Waals surface area contributed by atoms with E-state index in [9.17, 15) is 4.79 Å². The van der Waals surface area contributed by atoms with Crippen molar-refractivity contribution < 1.29 is 4.79 Å². The van der Waals surface area contributed by atoms with Gasteiger partial charge in [0.15, 0.2) is 0 Å². The van der Waals surface area contributed by atoms with Crippen LogP contribution >= 0.6 is 24.8 Å². The monoisotopic (exact) mass is 306 g/mol. The molecule has 1 aromatic heterocycles. The van der Waals surface area contributed by atoms with E-state index in [-0.39, 0.29) is 30.7 Å². The normalized spacial score (nSPS) is 14.9. The summed E-state index contributed by atoms with van der Waals surface area (Å²) in [5.41, 5.74) is 0.618. The average Bonchev–Trinajstić information content (AvgIpc) is 2.41. The van der Waals surface area contributed by atoms with E-state index in [0.717, 1.165) is 32.7 Å². The van der Waals surface area contributed by atoms with Crippen molar-refractivity contribution in [1.82, 2.24) is 20.5 Å². The molecule has 1 saturated heterocycles.